The number of aryl methyl sites for hydroxylation is 1. The standard InChI is InChI=1S/C19H23NO4S/c1-3-5-6-15-7-13-18(14-8-15)25(22,23)20-17-11-9-16(10-12-17)19(21)24-4-2/h7-14,20H,3-6H2,1-2H3. The van der Waals surface area contributed by atoms with E-state index in [9.17, 15) is 13.2 Å². The molecule has 0 spiro atoms. The van der Waals surface area contributed by atoms with Gasteiger partial charge in [-0.1, -0.05) is 25.5 Å². The third-order valence-corrected chi connectivity index (χ3v) is 5.10. The molecule has 134 valence electrons. The molecule has 0 unspecified atom stereocenters. The summed E-state index contributed by atoms with van der Waals surface area (Å²) in [7, 11) is -3.66. The Bertz CT molecular complexity index is 796. The number of esters is 1. The molecule has 1 N–H and O–H groups in total. The quantitative estimate of drug-likeness (QED) is 0.721. The number of hydrogen-bond acceptors (Lipinski definition) is 4. The third kappa shape index (κ3) is 5.32. The number of hydrogen-bond donors (Lipinski definition) is 1. The van der Waals surface area contributed by atoms with Crippen LogP contribution in [0, 0.1) is 0 Å². The van der Waals surface area contributed by atoms with Crippen LogP contribution in [0.5, 0.6) is 0 Å². The van der Waals surface area contributed by atoms with Gasteiger partial charge < -0.3 is 4.74 Å². The molecule has 0 bridgehead atoms. The smallest absolute Gasteiger partial charge is 0.338 e. The number of nitrogens with one attached hydrogen (secondary N) is 1. The molecular formula is C19H23NO4S. The number of sulfonamides is 1. The molecule has 2 aromatic carbocycles. The highest BCUT2D eigenvalue weighted by Crippen LogP contribution is 2.18. The summed E-state index contributed by atoms with van der Waals surface area (Å²) in [6.45, 7) is 4.14. The Balaban J connectivity index is 2.09. The first-order valence-electron chi connectivity index (χ1n) is 8.35. The minimum absolute atomic E-state index is 0.210. The Morgan fingerprint density at radius 1 is 1.00 bits per heavy atom. The predicted octanol–water partition coefficient (Wildman–Crippen LogP) is 4.01. The van der Waals surface area contributed by atoms with Crippen LogP contribution in [-0.2, 0) is 21.2 Å². The Morgan fingerprint density at radius 3 is 2.20 bits per heavy atom. The van der Waals surface area contributed by atoms with Gasteiger partial charge in [0, 0.05) is 5.69 Å². The fourth-order valence-electron chi connectivity index (χ4n) is 2.32. The highest BCUT2D eigenvalue weighted by molar-refractivity contribution is 7.92. The van der Waals surface area contributed by atoms with Gasteiger partial charge in [-0.3, -0.25) is 4.72 Å². The van der Waals surface area contributed by atoms with Gasteiger partial charge in [0.25, 0.3) is 10.0 Å². The van der Waals surface area contributed by atoms with Gasteiger partial charge in [0.05, 0.1) is 17.1 Å². The Hall–Kier alpha value is -2.34. The maximum Gasteiger partial charge on any atom is 0.338 e. The second kappa shape index (κ2) is 8.67. The van der Waals surface area contributed by atoms with Crippen molar-refractivity contribution in [1.82, 2.24) is 0 Å². The van der Waals surface area contributed by atoms with Crippen molar-refractivity contribution in [1.29, 1.82) is 0 Å². The van der Waals surface area contributed by atoms with Gasteiger partial charge in [0.1, 0.15) is 0 Å². The zero-order valence-corrected chi connectivity index (χ0v) is 15.3. The molecule has 0 fully saturated rings. The molecule has 2 rings (SSSR count). The SMILES string of the molecule is CCCCc1ccc(S(=O)(=O)Nc2ccc(C(=O)OCC)cc2)cc1. The van der Waals surface area contributed by atoms with Crippen molar-refractivity contribution in [2.24, 2.45) is 0 Å². The van der Waals surface area contributed by atoms with E-state index in [1.165, 1.54) is 12.1 Å². The van der Waals surface area contributed by atoms with Crippen molar-refractivity contribution >= 4 is 21.7 Å². The lowest BCUT2D eigenvalue weighted by Gasteiger charge is -2.09. The monoisotopic (exact) mass is 361 g/mol. The number of ether oxygens (including phenoxy) is 1. The second-order valence-electron chi connectivity index (χ2n) is 5.65. The van der Waals surface area contributed by atoms with Crippen LogP contribution < -0.4 is 4.72 Å². The van der Waals surface area contributed by atoms with Crippen molar-refractivity contribution in [3.8, 4) is 0 Å². The molecule has 0 saturated carbocycles. The molecule has 25 heavy (non-hydrogen) atoms. The van der Waals surface area contributed by atoms with E-state index in [1.54, 1.807) is 31.2 Å². The third-order valence-electron chi connectivity index (χ3n) is 3.70. The predicted molar refractivity (Wildman–Crippen MR) is 98.3 cm³/mol. The molecule has 0 aliphatic heterocycles. The topological polar surface area (TPSA) is 72.5 Å². The average Bonchev–Trinajstić information content (AvgIpc) is 2.61. The Kier molecular flexibility index (Phi) is 6.58. The van der Waals surface area contributed by atoms with E-state index >= 15 is 0 Å². The molecule has 0 heterocycles. The van der Waals surface area contributed by atoms with Gasteiger partial charge in [-0.25, -0.2) is 13.2 Å². The molecular weight excluding hydrogens is 338 g/mol. The van der Waals surface area contributed by atoms with Crippen LogP contribution in [0.3, 0.4) is 0 Å². The van der Waals surface area contributed by atoms with Gasteiger partial charge in [0.2, 0.25) is 0 Å². The second-order valence-corrected chi connectivity index (χ2v) is 7.33. The van der Waals surface area contributed by atoms with E-state index in [2.05, 4.69) is 11.6 Å². The molecule has 2 aromatic rings. The summed E-state index contributed by atoms with van der Waals surface area (Å²) in [5, 5.41) is 0. The number of benzene rings is 2. The maximum atomic E-state index is 12.4. The lowest BCUT2D eigenvalue weighted by molar-refractivity contribution is 0.0526. The van der Waals surface area contributed by atoms with Crippen molar-refractivity contribution < 1.29 is 17.9 Å². The van der Waals surface area contributed by atoms with Crippen molar-refractivity contribution in [2.45, 2.75) is 38.0 Å². The molecule has 0 atom stereocenters. The molecule has 0 radical (unpaired) electrons. The van der Waals surface area contributed by atoms with E-state index in [4.69, 9.17) is 4.74 Å². The molecule has 0 saturated heterocycles. The summed E-state index contributed by atoms with van der Waals surface area (Å²) >= 11 is 0. The minimum Gasteiger partial charge on any atom is -0.462 e. The van der Waals surface area contributed by atoms with Crippen LogP contribution in [0.15, 0.2) is 53.4 Å². The summed E-state index contributed by atoms with van der Waals surface area (Å²) in [5.41, 5.74) is 1.90. The van der Waals surface area contributed by atoms with Crippen LogP contribution in [-0.4, -0.2) is 21.0 Å². The number of unbranched alkanes of at least 4 members (excludes halogenated alkanes) is 1. The molecule has 5 nitrogen and oxygen atoms in total. The van der Waals surface area contributed by atoms with Crippen molar-refractivity contribution in [2.75, 3.05) is 11.3 Å². The van der Waals surface area contributed by atoms with E-state index in [1.807, 2.05) is 12.1 Å². The first kappa shape index (κ1) is 19.0. The van der Waals surface area contributed by atoms with E-state index in [0.717, 1.165) is 24.8 Å². The number of anilines is 1. The lowest BCUT2D eigenvalue weighted by Crippen LogP contribution is -2.13. The fraction of sp³-hybridized carbons (Fsp3) is 0.316. The van der Waals surface area contributed by atoms with Crippen LogP contribution in [0.25, 0.3) is 0 Å². The first-order chi connectivity index (χ1) is 12.0. The zero-order valence-electron chi connectivity index (χ0n) is 14.5. The molecule has 0 aliphatic rings. The lowest BCUT2D eigenvalue weighted by atomic mass is 10.1. The van der Waals surface area contributed by atoms with E-state index in [0.29, 0.717) is 17.9 Å². The number of carbonyl (C=O) groups is 1. The Labute approximate surface area is 149 Å². The highest BCUT2D eigenvalue weighted by Gasteiger charge is 2.14. The van der Waals surface area contributed by atoms with Crippen LogP contribution in [0.1, 0.15) is 42.6 Å². The average molecular weight is 361 g/mol. The summed E-state index contributed by atoms with van der Waals surface area (Å²) in [6.07, 6.45) is 3.13. The van der Waals surface area contributed by atoms with Crippen LogP contribution in [0.4, 0.5) is 5.69 Å². The van der Waals surface area contributed by atoms with Gasteiger partial charge in [0.15, 0.2) is 0 Å². The zero-order chi connectivity index (χ0) is 18.3. The normalized spacial score (nSPS) is 11.1. The summed E-state index contributed by atoms with van der Waals surface area (Å²) in [6, 6.07) is 13.1. The van der Waals surface area contributed by atoms with Gasteiger partial charge >= 0.3 is 5.97 Å². The number of rotatable bonds is 8. The largest absolute Gasteiger partial charge is 0.462 e. The fourth-order valence-corrected chi connectivity index (χ4v) is 3.38. The van der Waals surface area contributed by atoms with Gasteiger partial charge in [-0.15, -0.1) is 0 Å². The molecule has 0 amide bonds. The molecule has 0 aliphatic carbocycles. The van der Waals surface area contributed by atoms with Crippen LogP contribution >= 0.6 is 0 Å². The minimum atomic E-state index is -3.66. The summed E-state index contributed by atoms with van der Waals surface area (Å²) in [4.78, 5) is 11.8. The van der Waals surface area contributed by atoms with E-state index in [-0.39, 0.29) is 4.90 Å². The van der Waals surface area contributed by atoms with Crippen molar-refractivity contribution in [3.63, 3.8) is 0 Å². The Morgan fingerprint density at radius 2 is 1.64 bits per heavy atom. The maximum absolute atomic E-state index is 12.4. The summed E-state index contributed by atoms with van der Waals surface area (Å²) < 4.78 is 32.3. The van der Waals surface area contributed by atoms with Gasteiger partial charge in [-0.05, 0) is 61.7 Å². The van der Waals surface area contributed by atoms with Crippen molar-refractivity contribution in [3.05, 3.63) is 59.7 Å². The summed E-state index contributed by atoms with van der Waals surface area (Å²) in [5.74, 6) is -0.431. The van der Waals surface area contributed by atoms with E-state index < -0.39 is 16.0 Å². The number of carbonyl (C=O) groups excluding carboxylic acids is 1. The highest BCUT2D eigenvalue weighted by atomic mass is 32.2. The van der Waals surface area contributed by atoms with Gasteiger partial charge in [-0.2, -0.15) is 0 Å². The van der Waals surface area contributed by atoms with Crippen LogP contribution in [0.2, 0.25) is 0 Å². The molecule has 6 heteroatoms. The molecule has 0 aromatic heterocycles. The first-order valence-corrected chi connectivity index (χ1v) is 9.83.